The quantitative estimate of drug-likeness (QED) is 0.0342. The van der Waals surface area contributed by atoms with Crippen LogP contribution in [0.3, 0.4) is 0 Å². The van der Waals surface area contributed by atoms with Crippen LogP contribution in [0.5, 0.6) is 0 Å². The molecule has 15 heteroatoms. The zero-order valence-electron chi connectivity index (χ0n) is 31.9. The molecule has 0 saturated carbocycles. The molecule has 2 aromatic carbocycles. The molecular formula is C40H51N9O4S2. The van der Waals surface area contributed by atoms with Crippen LogP contribution in [0.2, 0.25) is 0 Å². The lowest BCUT2D eigenvalue weighted by Gasteiger charge is -2.26. The standard InChI is InChI=1S/C40H51N9O4S2/c1-28(2)37-46-33(25-54-37)23-49(4)39(51)48-35(17-18-44-38(42-3)45-26-41)36(50)21-31(19-29-11-7-5-8-12-29)15-16-32(20-30-13-9-6-10-14-30)47-40(52)53-24-34-22-43-27-55-34/h5-14,22,25,27-28,31-32,35H,15-21,23-24H2,1-4H3,(H,47,52)(H,48,51)(H2,42,44,45). The lowest BCUT2D eigenvalue weighted by Crippen LogP contribution is -2.48. The van der Waals surface area contributed by atoms with Gasteiger partial charge in [0.15, 0.2) is 12.0 Å². The third-order valence-corrected chi connectivity index (χ3v) is 10.8. The van der Waals surface area contributed by atoms with Crippen molar-refractivity contribution in [2.75, 3.05) is 20.6 Å². The maximum absolute atomic E-state index is 14.3. The molecule has 4 aromatic rings. The predicted octanol–water partition coefficient (Wildman–Crippen LogP) is 6.41. The van der Waals surface area contributed by atoms with Crippen molar-refractivity contribution in [3.05, 3.63) is 104 Å². The highest BCUT2D eigenvalue weighted by Gasteiger charge is 2.27. The molecule has 4 N–H and O–H groups in total. The van der Waals surface area contributed by atoms with Crippen molar-refractivity contribution in [1.29, 1.82) is 5.26 Å². The number of amides is 3. The van der Waals surface area contributed by atoms with Gasteiger partial charge >= 0.3 is 12.1 Å². The van der Waals surface area contributed by atoms with Crippen LogP contribution in [-0.2, 0) is 35.5 Å². The molecule has 0 aliphatic carbocycles. The number of ketones is 1. The third kappa shape index (κ3) is 15.1. The molecular weight excluding hydrogens is 735 g/mol. The Morgan fingerprint density at radius 2 is 1.67 bits per heavy atom. The van der Waals surface area contributed by atoms with Crippen LogP contribution in [0.15, 0.2) is 82.7 Å². The lowest BCUT2D eigenvalue weighted by atomic mass is 9.86. The van der Waals surface area contributed by atoms with Gasteiger partial charge in [-0.1, -0.05) is 74.5 Å². The van der Waals surface area contributed by atoms with Crippen LogP contribution < -0.4 is 21.3 Å². The lowest BCUT2D eigenvalue weighted by molar-refractivity contribution is -0.122. The fourth-order valence-electron chi connectivity index (χ4n) is 5.98. The summed E-state index contributed by atoms with van der Waals surface area (Å²) in [5.74, 6) is 0.354. The summed E-state index contributed by atoms with van der Waals surface area (Å²) in [6, 6.07) is 18.5. The zero-order valence-corrected chi connectivity index (χ0v) is 33.5. The van der Waals surface area contributed by atoms with E-state index < -0.39 is 12.1 Å². The van der Waals surface area contributed by atoms with Gasteiger partial charge in [0.25, 0.3) is 0 Å². The van der Waals surface area contributed by atoms with E-state index in [1.807, 2.05) is 72.2 Å². The number of carbonyl (C=O) groups is 3. The van der Waals surface area contributed by atoms with Crippen LogP contribution in [0, 0.1) is 17.4 Å². The Morgan fingerprint density at radius 3 is 2.29 bits per heavy atom. The van der Waals surface area contributed by atoms with E-state index in [1.165, 1.54) is 16.2 Å². The van der Waals surface area contributed by atoms with E-state index in [1.54, 1.807) is 37.1 Å². The number of ether oxygens (including phenoxy) is 1. The first-order chi connectivity index (χ1) is 26.6. The molecule has 0 saturated heterocycles. The minimum Gasteiger partial charge on any atom is -0.444 e. The first-order valence-corrected chi connectivity index (χ1v) is 20.1. The highest BCUT2D eigenvalue weighted by molar-refractivity contribution is 7.09. The Bertz CT molecular complexity index is 1830. The van der Waals surface area contributed by atoms with Crippen LogP contribution >= 0.6 is 22.7 Å². The molecule has 2 aromatic heterocycles. The number of Topliss-reactive ketones (excluding diaryl/α,β-unsaturated/α-hetero) is 1. The maximum atomic E-state index is 14.3. The van der Waals surface area contributed by atoms with Crippen molar-refractivity contribution in [3.8, 4) is 6.19 Å². The average Bonchev–Trinajstić information content (AvgIpc) is 3.89. The molecule has 0 bridgehead atoms. The monoisotopic (exact) mass is 785 g/mol. The Labute approximate surface area is 331 Å². The number of hydrogen-bond donors (Lipinski definition) is 4. The van der Waals surface area contributed by atoms with E-state index in [4.69, 9.17) is 10.00 Å². The van der Waals surface area contributed by atoms with Crippen molar-refractivity contribution >= 4 is 46.5 Å². The summed E-state index contributed by atoms with van der Waals surface area (Å²) in [5.41, 5.74) is 4.65. The molecule has 0 fully saturated rings. The smallest absolute Gasteiger partial charge is 0.407 e. The number of rotatable bonds is 20. The molecule has 2 heterocycles. The number of hydrogen-bond acceptors (Lipinski definition) is 10. The molecule has 0 spiro atoms. The predicted molar refractivity (Wildman–Crippen MR) is 217 cm³/mol. The number of nitriles is 1. The van der Waals surface area contributed by atoms with Gasteiger partial charge in [0, 0.05) is 50.6 Å². The van der Waals surface area contributed by atoms with Crippen LogP contribution in [0.1, 0.15) is 72.2 Å². The first kappa shape index (κ1) is 42.4. The zero-order chi connectivity index (χ0) is 39.4. The fourth-order valence-corrected chi connectivity index (χ4v) is 7.32. The van der Waals surface area contributed by atoms with E-state index >= 15 is 0 Å². The third-order valence-electron chi connectivity index (χ3n) is 8.88. The minimum atomic E-state index is -0.817. The second kappa shape index (κ2) is 22.8. The molecule has 13 nitrogen and oxygen atoms in total. The van der Waals surface area contributed by atoms with Gasteiger partial charge in [0.2, 0.25) is 5.96 Å². The molecule has 292 valence electrons. The normalized spacial score (nSPS) is 12.9. The second-order valence-corrected chi connectivity index (χ2v) is 15.5. The van der Waals surface area contributed by atoms with E-state index in [0.717, 1.165) is 26.7 Å². The first-order valence-electron chi connectivity index (χ1n) is 18.4. The van der Waals surface area contributed by atoms with E-state index in [0.29, 0.717) is 32.2 Å². The van der Waals surface area contributed by atoms with E-state index in [9.17, 15) is 14.4 Å². The van der Waals surface area contributed by atoms with Crippen LogP contribution in [0.25, 0.3) is 0 Å². The van der Waals surface area contributed by atoms with Gasteiger partial charge in [-0.25, -0.2) is 14.6 Å². The summed E-state index contributed by atoms with van der Waals surface area (Å²) >= 11 is 2.99. The molecule has 4 rings (SSSR count). The van der Waals surface area contributed by atoms with Crippen molar-refractivity contribution in [3.63, 3.8) is 0 Å². The van der Waals surface area contributed by atoms with Crippen molar-refractivity contribution < 1.29 is 19.1 Å². The number of thiazole rings is 2. The van der Waals surface area contributed by atoms with Crippen molar-refractivity contribution in [2.24, 2.45) is 10.9 Å². The SMILES string of the molecule is CN=C(NC#N)NCCC(NC(=O)N(C)Cc1csc(C(C)C)n1)C(=O)CC(CCC(Cc1ccccc1)NC(=O)OCc1cncs1)Cc1ccccc1. The van der Waals surface area contributed by atoms with Gasteiger partial charge in [-0.15, -0.1) is 22.7 Å². The summed E-state index contributed by atoms with van der Waals surface area (Å²) in [5, 5.41) is 23.6. The maximum Gasteiger partial charge on any atom is 0.407 e. The summed E-state index contributed by atoms with van der Waals surface area (Å²) < 4.78 is 5.52. The molecule has 0 aliphatic rings. The number of alkyl carbamates (subject to hydrolysis) is 1. The number of aromatic nitrogens is 2. The fraction of sp³-hybridized carbons (Fsp3) is 0.425. The molecule has 3 amide bonds. The molecule has 0 radical (unpaired) electrons. The summed E-state index contributed by atoms with van der Waals surface area (Å²) in [4.78, 5) is 55.9. The van der Waals surface area contributed by atoms with Gasteiger partial charge in [0.05, 0.1) is 33.7 Å². The van der Waals surface area contributed by atoms with Crippen molar-refractivity contribution in [2.45, 2.75) is 83.5 Å². The number of aliphatic imine (C=N–C) groups is 1. The summed E-state index contributed by atoms with van der Waals surface area (Å²) in [6.07, 6.45) is 5.93. The Hall–Kier alpha value is -5.33. The molecule has 3 unspecified atom stereocenters. The van der Waals surface area contributed by atoms with Gasteiger partial charge in [-0.05, 0) is 49.1 Å². The Morgan fingerprint density at radius 1 is 0.964 bits per heavy atom. The molecule has 3 atom stereocenters. The van der Waals surface area contributed by atoms with Gasteiger partial charge < -0.3 is 25.6 Å². The number of benzene rings is 2. The van der Waals surface area contributed by atoms with Gasteiger partial charge in [0.1, 0.15) is 6.61 Å². The largest absolute Gasteiger partial charge is 0.444 e. The highest BCUT2D eigenvalue weighted by atomic mass is 32.1. The van der Waals surface area contributed by atoms with Gasteiger partial charge in [-0.2, -0.15) is 5.26 Å². The molecule has 0 aliphatic heterocycles. The van der Waals surface area contributed by atoms with E-state index in [-0.39, 0.29) is 61.6 Å². The van der Waals surface area contributed by atoms with Crippen molar-refractivity contribution in [1.82, 2.24) is 36.1 Å². The Balaban J connectivity index is 1.49. The number of nitrogens with zero attached hydrogens (tertiary/aromatic N) is 5. The van der Waals surface area contributed by atoms with Crippen LogP contribution in [0.4, 0.5) is 9.59 Å². The topological polar surface area (TPSA) is 174 Å². The number of carbonyl (C=O) groups excluding carboxylic acids is 3. The number of nitrogens with one attached hydrogen (secondary N) is 4. The van der Waals surface area contributed by atoms with Gasteiger partial charge in [-0.3, -0.25) is 20.1 Å². The summed E-state index contributed by atoms with van der Waals surface area (Å²) in [6.45, 7) is 4.87. The summed E-state index contributed by atoms with van der Waals surface area (Å²) in [7, 11) is 3.23. The molecule has 55 heavy (non-hydrogen) atoms. The van der Waals surface area contributed by atoms with Crippen LogP contribution in [-0.4, -0.2) is 71.5 Å². The number of urea groups is 1. The van der Waals surface area contributed by atoms with E-state index in [2.05, 4.69) is 50.1 Å². The highest BCUT2D eigenvalue weighted by Crippen LogP contribution is 2.23. The average molecular weight is 786 g/mol. The minimum absolute atomic E-state index is 0.0919. The second-order valence-electron chi connectivity index (χ2n) is 13.6. The Kier molecular flexibility index (Phi) is 17.6. The number of guanidine groups is 1.